The fraction of sp³-hybridized carbons (Fsp3) is 0.333. The molecule has 0 atom stereocenters. The number of aromatic nitrogens is 2. The highest BCUT2D eigenvalue weighted by atomic mass is 16.5. The minimum Gasteiger partial charge on any atom is -0.494 e. The lowest BCUT2D eigenvalue weighted by Gasteiger charge is -2.09. The van der Waals surface area contributed by atoms with Crippen LogP contribution in [0.1, 0.15) is 23.1 Å². The number of benzene rings is 1. The quantitative estimate of drug-likeness (QED) is 0.535. The molecule has 2 rings (SSSR count). The summed E-state index contributed by atoms with van der Waals surface area (Å²) >= 11 is 0. The normalized spacial score (nSPS) is 10.1. The van der Waals surface area contributed by atoms with Crippen LogP contribution in [0.4, 0.5) is 0 Å². The van der Waals surface area contributed by atoms with E-state index in [-0.39, 0.29) is 18.8 Å². The van der Waals surface area contributed by atoms with E-state index in [4.69, 9.17) is 14.2 Å². The third-order valence-corrected chi connectivity index (χ3v) is 3.15. The average Bonchev–Trinajstić information content (AvgIpc) is 2.65. The van der Waals surface area contributed by atoms with Crippen LogP contribution in [0.2, 0.25) is 0 Å². The second-order valence-corrected chi connectivity index (χ2v) is 5.22. The number of rotatable bonds is 9. The largest absolute Gasteiger partial charge is 0.494 e. The van der Waals surface area contributed by atoms with Crippen molar-refractivity contribution >= 4 is 11.9 Å². The molecule has 8 heteroatoms. The molecule has 1 amide bonds. The van der Waals surface area contributed by atoms with Crippen molar-refractivity contribution in [1.82, 2.24) is 15.3 Å². The Balaban J connectivity index is 1.62. The maximum atomic E-state index is 11.7. The van der Waals surface area contributed by atoms with E-state index in [2.05, 4.69) is 15.3 Å². The number of carbonyl (C=O) groups excluding carboxylic acids is 2. The van der Waals surface area contributed by atoms with E-state index in [0.717, 1.165) is 5.75 Å². The van der Waals surface area contributed by atoms with Crippen molar-refractivity contribution in [3.63, 3.8) is 0 Å². The van der Waals surface area contributed by atoms with Crippen LogP contribution in [0.25, 0.3) is 0 Å². The monoisotopic (exact) mass is 359 g/mol. The Bertz CT molecular complexity index is 717. The van der Waals surface area contributed by atoms with E-state index < -0.39 is 18.5 Å². The Morgan fingerprint density at radius 3 is 2.35 bits per heavy atom. The van der Waals surface area contributed by atoms with Gasteiger partial charge in [-0.1, -0.05) is 0 Å². The van der Waals surface area contributed by atoms with E-state index >= 15 is 0 Å². The molecule has 0 saturated carbocycles. The molecule has 0 spiro atoms. The van der Waals surface area contributed by atoms with Crippen molar-refractivity contribution in [2.45, 2.75) is 13.8 Å². The molecule has 0 aliphatic heterocycles. The predicted molar refractivity (Wildman–Crippen MR) is 93.2 cm³/mol. The number of hydrogen-bond acceptors (Lipinski definition) is 7. The van der Waals surface area contributed by atoms with Gasteiger partial charge < -0.3 is 19.5 Å². The highest BCUT2D eigenvalue weighted by Crippen LogP contribution is 2.17. The molecule has 0 fully saturated rings. The van der Waals surface area contributed by atoms with Crippen LogP contribution in [0.5, 0.6) is 11.5 Å². The van der Waals surface area contributed by atoms with Crippen molar-refractivity contribution in [2.24, 2.45) is 0 Å². The van der Waals surface area contributed by atoms with E-state index in [0.29, 0.717) is 18.1 Å². The molecule has 1 heterocycles. The van der Waals surface area contributed by atoms with E-state index in [1.165, 1.54) is 12.4 Å². The number of nitrogens with zero attached hydrogens (tertiary/aromatic N) is 2. The summed E-state index contributed by atoms with van der Waals surface area (Å²) in [6.07, 6.45) is 2.76. The first-order chi connectivity index (χ1) is 12.6. The zero-order chi connectivity index (χ0) is 18.8. The minimum absolute atomic E-state index is 0.0576. The summed E-state index contributed by atoms with van der Waals surface area (Å²) in [7, 11) is 0. The molecule has 26 heavy (non-hydrogen) atoms. The Morgan fingerprint density at radius 2 is 1.73 bits per heavy atom. The first-order valence-corrected chi connectivity index (χ1v) is 8.16. The molecule has 0 aliphatic rings. The van der Waals surface area contributed by atoms with Crippen LogP contribution < -0.4 is 14.8 Å². The second kappa shape index (κ2) is 9.97. The van der Waals surface area contributed by atoms with Gasteiger partial charge in [0.05, 0.1) is 25.0 Å². The van der Waals surface area contributed by atoms with Crippen LogP contribution in [-0.4, -0.2) is 48.2 Å². The van der Waals surface area contributed by atoms with Crippen molar-refractivity contribution in [3.05, 3.63) is 48.0 Å². The Labute approximate surface area is 151 Å². The highest BCUT2D eigenvalue weighted by molar-refractivity contribution is 5.89. The minimum atomic E-state index is -0.696. The van der Waals surface area contributed by atoms with Crippen molar-refractivity contribution in [2.75, 3.05) is 26.4 Å². The summed E-state index contributed by atoms with van der Waals surface area (Å²) in [5.41, 5.74) is 0.744. The van der Waals surface area contributed by atoms with Gasteiger partial charge in [0.1, 0.15) is 18.1 Å². The van der Waals surface area contributed by atoms with Crippen molar-refractivity contribution in [3.8, 4) is 11.5 Å². The summed E-state index contributed by atoms with van der Waals surface area (Å²) in [5, 5.41) is 2.60. The van der Waals surface area contributed by atoms with Gasteiger partial charge in [0.2, 0.25) is 0 Å². The summed E-state index contributed by atoms with van der Waals surface area (Å²) in [4.78, 5) is 31.2. The molecule has 0 saturated heterocycles. The number of ether oxygens (including phenoxy) is 3. The molecule has 1 N–H and O–H groups in total. The Kier molecular flexibility index (Phi) is 7.35. The van der Waals surface area contributed by atoms with Crippen LogP contribution in [0.3, 0.4) is 0 Å². The standard InChI is InChI=1S/C18H21N3O5/c1-3-24-14-4-6-15(7-5-14)25-9-8-19-17(22)12-26-18(23)16-11-20-13(2)10-21-16/h4-7,10-11H,3,8-9,12H2,1-2H3,(H,19,22). The smallest absolute Gasteiger partial charge is 0.359 e. The van der Waals surface area contributed by atoms with Gasteiger partial charge in [0, 0.05) is 6.20 Å². The second-order valence-electron chi connectivity index (χ2n) is 5.22. The molecule has 0 radical (unpaired) electrons. The molecular weight excluding hydrogens is 338 g/mol. The predicted octanol–water partition coefficient (Wildman–Crippen LogP) is 1.54. The summed E-state index contributed by atoms with van der Waals surface area (Å²) in [6.45, 7) is 4.46. The number of carbonyl (C=O) groups is 2. The molecule has 8 nitrogen and oxygen atoms in total. The van der Waals surface area contributed by atoms with Gasteiger partial charge in [-0.05, 0) is 38.1 Å². The number of amides is 1. The van der Waals surface area contributed by atoms with Gasteiger partial charge in [-0.3, -0.25) is 9.78 Å². The van der Waals surface area contributed by atoms with Gasteiger partial charge >= 0.3 is 5.97 Å². The first kappa shape index (κ1) is 19.2. The number of hydrogen-bond donors (Lipinski definition) is 1. The maximum absolute atomic E-state index is 11.7. The summed E-state index contributed by atoms with van der Waals surface area (Å²) in [6, 6.07) is 7.20. The Hall–Kier alpha value is -3.16. The molecule has 1 aromatic heterocycles. The third kappa shape index (κ3) is 6.39. The fourth-order valence-electron chi connectivity index (χ4n) is 1.91. The van der Waals surface area contributed by atoms with Crippen LogP contribution in [0, 0.1) is 6.92 Å². The number of esters is 1. The van der Waals surface area contributed by atoms with Crippen LogP contribution in [-0.2, 0) is 9.53 Å². The van der Waals surface area contributed by atoms with Gasteiger partial charge in [-0.15, -0.1) is 0 Å². The highest BCUT2D eigenvalue weighted by Gasteiger charge is 2.11. The molecule has 0 bridgehead atoms. The van der Waals surface area contributed by atoms with Gasteiger partial charge in [-0.25, -0.2) is 9.78 Å². The Morgan fingerprint density at radius 1 is 1.04 bits per heavy atom. The summed E-state index contributed by atoms with van der Waals surface area (Å²) < 4.78 is 15.7. The molecule has 2 aromatic rings. The van der Waals surface area contributed by atoms with Crippen LogP contribution in [0.15, 0.2) is 36.7 Å². The maximum Gasteiger partial charge on any atom is 0.359 e. The molecular formula is C18H21N3O5. The third-order valence-electron chi connectivity index (χ3n) is 3.15. The number of aryl methyl sites for hydroxylation is 1. The molecule has 0 aliphatic carbocycles. The van der Waals surface area contributed by atoms with E-state index in [9.17, 15) is 9.59 Å². The fourth-order valence-corrected chi connectivity index (χ4v) is 1.91. The van der Waals surface area contributed by atoms with Gasteiger partial charge in [-0.2, -0.15) is 0 Å². The lowest BCUT2D eigenvalue weighted by molar-refractivity contribution is -0.124. The van der Waals surface area contributed by atoms with Gasteiger partial charge in [0.25, 0.3) is 5.91 Å². The topological polar surface area (TPSA) is 99.6 Å². The molecule has 1 aromatic carbocycles. The van der Waals surface area contributed by atoms with E-state index in [1.54, 1.807) is 19.1 Å². The van der Waals surface area contributed by atoms with Crippen molar-refractivity contribution < 1.29 is 23.8 Å². The van der Waals surface area contributed by atoms with Gasteiger partial charge in [0.15, 0.2) is 12.3 Å². The van der Waals surface area contributed by atoms with Crippen molar-refractivity contribution in [1.29, 1.82) is 0 Å². The zero-order valence-electron chi connectivity index (χ0n) is 14.7. The molecule has 0 unspecified atom stereocenters. The lowest BCUT2D eigenvalue weighted by atomic mass is 10.3. The average molecular weight is 359 g/mol. The zero-order valence-corrected chi connectivity index (χ0v) is 14.7. The molecule has 138 valence electrons. The van der Waals surface area contributed by atoms with Crippen LogP contribution >= 0.6 is 0 Å². The first-order valence-electron chi connectivity index (χ1n) is 8.16. The SMILES string of the molecule is CCOc1ccc(OCCNC(=O)COC(=O)c2cnc(C)cn2)cc1. The number of nitrogens with one attached hydrogen (secondary N) is 1. The summed E-state index contributed by atoms with van der Waals surface area (Å²) in [5.74, 6) is 0.326. The lowest BCUT2D eigenvalue weighted by Crippen LogP contribution is -2.32. The van der Waals surface area contributed by atoms with E-state index in [1.807, 2.05) is 19.1 Å².